The molecule has 0 saturated carbocycles. The van der Waals surface area contributed by atoms with Crippen LogP contribution in [0.4, 0.5) is 17.6 Å². The Labute approximate surface area is 116 Å². The molecule has 1 aromatic carbocycles. The van der Waals surface area contributed by atoms with Crippen molar-refractivity contribution in [1.29, 1.82) is 0 Å². The van der Waals surface area contributed by atoms with Gasteiger partial charge in [-0.25, -0.2) is 4.39 Å². The van der Waals surface area contributed by atoms with E-state index in [0.717, 1.165) is 38.2 Å². The number of halogens is 4. The minimum Gasteiger partial charge on any atom is -0.315 e. The molecule has 20 heavy (non-hydrogen) atoms. The third-order valence-corrected chi connectivity index (χ3v) is 2.89. The molecule has 114 valence electrons. The van der Waals surface area contributed by atoms with E-state index >= 15 is 0 Å². The van der Waals surface area contributed by atoms with Crippen molar-refractivity contribution in [2.24, 2.45) is 0 Å². The van der Waals surface area contributed by atoms with E-state index in [0.29, 0.717) is 12.1 Å². The van der Waals surface area contributed by atoms with Crippen molar-refractivity contribution in [2.45, 2.75) is 26.1 Å². The molecule has 0 heterocycles. The number of alkyl halides is 3. The second kappa shape index (κ2) is 7.59. The van der Waals surface area contributed by atoms with E-state index in [2.05, 4.69) is 12.2 Å². The molecule has 1 rings (SSSR count). The van der Waals surface area contributed by atoms with Crippen LogP contribution >= 0.6 is 0 Å². The van der Waals surface area contributed by atoms with Crippen LogP contribution in [0.15, 0.2) is 18.2 Å². The van der Waals surface area contributed by atoms with Gasteiger partial charge < -0.3 is 10.2 Å². The normalized spacial score (nSPS) is 12.2. The molecule has 0 fully saturated rings. The molecule has 0 aromatic heterocycles. The molecule has 0 spiro atoms. The van der Waals surface area contributed by atoms with Crippen LogP contribution in [-0.4, -0.2) is 31.6 Å². The Morgan fingerprint density at radius 2 is 1.90 bits per heavy atom. The molecular weight excluding hydrogens is 272 g/mol. The van der Waals surface area contributed by atoms with Gasteiger partial charge in [0.05, 0.1) is 5.56 Å². The highest BCUT2D eigenvalue weighted by Gasteiger charge is 2.34. The summed E-state index contributed by atoms with van der Waals surface area (Å²) >= 11 is 0. The first-order valence-electron chi connectivity index (χ1n) is 6.59. The van der Waals surface area contributed by atoms with Crippen LogP contribution in [0.3, 0.4) is 0 Å². The van der Waals surface area contributed by atoms with Crippen molar-refractivity contribution < 1.29 is 17.6 Å². The summed E-state index contributed by atoms with van der Waals surface area (Å²) in [5.74, 6) is -1.23. The molecule has 0 aliphatic carbocycles. The van der Waals surface area contributed by atoms with Crippen molar-refractivity contribution >= 4 is 0 Å². The van der Waals surface area contributed by atoms with Gasteiger partial charge in [-0.2, -0.15) is 13.2 Å². The van der Waals surface area contributed by atoms with Gasteiger partial charge in [-0.15, -0.1) is 0 Å². The summed E-state index contributed by atoms with van der Waals surface area (Å²) in [6, 6.07) is 3.15. The summed E-state index contributed by atoms with van der Waals surface area (Å²) in [5.41, 5.74) is -0.746. The number of benzene rings is 1. The van der Waals surface area contributed by atoms with Crippen LogP contribution in [0.25, 0.3) is 0 Å². The smallest absolute Gasteiger partial charge is 0.315 e. The molecule has 6 heteroatoms. The Balaban J connectivity index is 2.60. The maximum Gasteiger partial charge on any atom is 0.419 e. The third-order valence-electron chi connectivity index (χ3n) is 2.89. The number of rotatable bonds is 7. The highest BCUT2D eigenvalue weighted by Crippen LogP contribution is 2.32. The molecule has 0 saturated heterocycles. The summed E-state index contributed by atoms with van der Waals surface area (Å²) in [5, 5.41) is 3.21. The van der Waals surface area contributed by atoms with Crippen LogP contribution in [0, 0.1) is 5.82 Å². The maximum atomic E-state index is 13.1. The molecular formula is C14H20F4N2. The number of nitrogens with zero attached hydrogens (tertiary/aromatic N) is 1. The standard InChI is InChI=1S/C14H20F4N2/c1-3-6-19-7-8-20(2)10-11-4-5-13(15)12(9-11)14(16,17)18/h4-5,9,19H,3,6-8,10H2,1-2H3. The molecule has 0 amide bonds. The Kier molecular flexibility index (Phi) is 6.42. The van der Waals surface area contributed by atoms with Crippen LogP contribution in [0.2, 0.25) is 0 Å². The summed E-state index contributed by atoms with van der Waals surface area (Å²) in [4.78, 5) is 1.90. The van der Waals surface area contributed by atoms with E-state index < -0.39 is 17.6 Å². The zero-order chi connectivity index (χ0) is 15.2. The summed E-state index contributed by atoms with van der Waals surface area (Å²) in [6.45, 7) is 4.84. The number of likely N-dealkylation sites (N-methyl/N-ethyl adjacent to an activating group) is 1. The van der Waals surface area contributed by atoms with Crippen LogP contribution in [-0.2, 0) is 12.7 Å². The highest BCUT2D eigenvalue weighted by atomic mass is 19.4. The molecule has 2 nitrogen and oxygen atoms in total. The van der Waals surface area contributed by atoms with Gasteiger partial charge in [0.25, 0.3) is 0 Å². The van der Waals surface area contributed by atoms with E-state index in [-0.39, 0.29) is 0 Å². The fourth-order valence-electron chi connectivity index (χ4n) is 1.85. The SMILES string of the molecule is CCCNCCN(C)Cc1ccc(F)c(C(F)(F)F)c1. The van der Waals surface area contributed by atoms with Gasteiger partial charge in [-0.3, -0.25) is 0 Å². The lowest BCUT2D eigenvalue weighted by atomic mass is 10.1. The van der Waals surface area contributed by atoms with Crippen LogP contribution < -0.4 is 5.32 Å². The van der Waals surface area contributed by atoms with Crippen LogP contribution in [0.1, 0.15) is 24.5 Å². The lowest BCUT2D eigenvalue weighted by Crippen LogP contribution is -2.29. The topological polar surface area (TPSA) is 15.3 Å². The van der Waals surface area contributed by atoms with Gasteiger partial charge in [0.2, 0.25) is 0 Å². The minimum atomic E-state index is -4.65. The molecule has 0 bridgehead atoms. The number of nitrogens with one attached hydrogen (secondary N) is 1. The van der Waals surface area contributed by atoms with Crippen molar-refractivity contribution in [1.82, 2.24) is 10.2 Å². The van der Waals surface area contributed by atoms with Crippen molar-refractivity contribution in [3.63, 3.8) is 0 Å². The fourth-order valence-corrected chi connectivity index (χ4v) is 1.85. The first-order chi connectivity index (χ1) is 9.34. The monoisotopic (exact) mass is 292 g/mol. The molecule has 1 aromatic rings. The lowest BCUT2D eigenvalue weighted by Gasteiger charge is -2.18. The van der Waals surface area contributed by atoms with Crippen LogP contribution in [0.5, 0.6) is 0 Å². The molecule has 1 N–H and O–H groups in total. The second-order valence-corrected chi connectivity index (χ2v) is 4.80. The minimum absolute atomic E-state index is 0.358. The predicted molar refractivity (Wildman–Crippen MR) is 70.9 cm³/mol. The van der Waals surface area contributed by atoms with E-state index in [9.17, 15) is 17.6 Å². The fraction of sp³-hybridized carbons (Fsp3) is 0.571. The first kappa shape index (κ1) is 16.9. The molecule has 0 aliphatic heterocycles. The average Bonchev–Trinajstić information content (AvgIpc) is 2.36. The number of hydrogen-bond donors (Lipinski definition) is 1. The van der Waals surface area contributed by atoms with Crippen molar-refractivity contribution in [2.75, 3.05) is 26.7 Å². The van der Waals surface area contributed by atoms with E-state index in [4.69, 9.17) is 0 Å². The second-order valence-electron chi connectivity index (χ2n) is 4.80. The van der Waals surface area contributed by atoms with E-state index in [1.165, 1.54) is 6.07 Å². The Morgan fingerprint density at radius 1 is 1.20 bits per heavy atom. The van der Waals surface area contributed by atoms with E-state index in [1.807, 2.05) is 11.9 Å². The predicted octanol–water partition coefficient (Wildman–Crippen LogP) is 3.28. The van der Waals surface area contributed by atoms with Gasteiger partial charge in [-0.1, -0.05) is 13.0 Å². The Morgan fingerprint density at radius 3 is 2.50 bits per heavy atom. The number of hydrogen-bond acceptors (Lipinski definition) is 2. The summed E-state index contributed by atoms with van der Waals surface area (Å²) in [7, 11) is 1.82. The first-order valence-corrected chi connectivity index (χ1v) is 6.59. The third kappa shape index (κ3) is 5.46. The largest absolute Gasteiger partial charge is 0.419 e. The lowest BCUT2D eigenvalue weighted by molar-refractivity contribution is -0.140. The van der Waals surface area contributed by atoms with Gasteiger partial charge in [-0.05, 0) is 37.7 Å². The average molecular weight is 292 g/mol. The highest BCUT2D eigenvalue weighted by molar-refractivity contribution is 5.27. The quantitative estimate of drug-likeness (QED) is 0.613. The van der Waals surface area contributed by atoms with Gasteiger partial charge >= 0.3 is 6.18 Å². The summed E-state index contributed by atoms with van der Waals surface area (Å²) in [6.07, 6.45) is -3.61. The van der Waals surface area contributed by atoms with Gasteiger partial charge in [0.1, 0.15) is 5.82 Å². The van der Waals surface area contributed by atoms with E-state index in [1.54, 1.807) is 0 Å². The summed E-state index contributed by atoms with van der Waals surface area (Å²) < 4.78 is 50.9. The van der Waals surface area contributed by atoms with Crippen molar-refractivity contribution in [3.8, 4) is 0 Å². The molecule has 0 aliphatic rings. The maximum absolute atomic E-state index is 13.1. The zero-order valence-electron chi connectivity index (χ0n) is 11.7. The molecule has 0 unspecified atom stereocenters. The molecule has 0 radical (unpaired) electrons. The Bertz CT molecular complexity index is 418. The van der Waals surface area contributed by atoms with Gasteiger partial charge in [0, 0.05) is 19.6 Å². The van der Waals surface area contributed by atoms with Gasteiger partial charge in [0.15, 0.2) is 0 Å². The molecule has 0 atom stereocenters. The van der Waals surface area contributed by atoms with Crippen molar-refractivity contribution in [3.05, 3.63) is 35.1 Å². The zero-order valence-corrected chi connectivity index (χ0v) is 11.7. The Hall–Kier alpha value is -1.14.